The number of aliphatic hydroxyl groups is 1. The molecule has 3 atom stereocenters. The third-order valence-electron chi connectivity index (χ3n) is 4.35. The number of thiazole rings is 1. The van der Waals surface area contributed by atoms with Gasteiger partial charge in [0.25, 0.3) is 0 Å². The van der Waals surface area contributed by atoms with E-state index in [0.29, 0.717) is 13.0 Å². The molecule has 0 radical (unpaired) electrons. The molecule has 0 spiro atoms. The van der Waals surface area contributed by atoms with Crippen LogP contribution in [0.15, 0.2) is 24.3 Å². The standard InChI is InChI=1S/C18H23N3O3S/c1-10(20-17(23)15-8-13(22)9-19-15)16-11(2)21-18(25-16)12-4-6-14(24-3)7-5-12/h4-7,10,13,15,19,22H,8-9H2,1-3H3,(H,20,23)/t10-,13+,15+/m0/s1. The predicted molar refractivity (Wildman–Crippen MR) is 97.8 cm³/mol. The lowest BCUT2D eigenvalue weighted by molar-refractivity contribution is -0.123. The highest BCUT2D eigenvalue weighted by molar-refractivity contribution is 7.15. The largest absolute Gasteiger partial charge is 0.497 e. The van der Waals surface area contributed by atoms with Gasteiger partial charge in [-0.2, -0.15) is 0 Å². The number of β-amino-alcohol motifs (C(OH)–C–C–N with tert-alkyl or cyclic N) is 1. The number of carbonyl (C=O) groups is 1. The van der Waals surface area contributed by atoms with Crippen LogP contribution in [0.3, 0.4) is 0 Å². The lowest BCUT2D eigenvalue weighted by Gasteiger charge is -2.16. The summed E-state index contributed by atoms with van der Waals surface area (Å²) in [6.07, 6.45) is 0.00926. The van der Waals surface area contributed by atoms with Crippen LogP contribution in [-0.4, -0.2) is 41.8 Å². The molecule has 1 fully saturated rings. The van der Waals surface area contributed by atoms with E-state index in [0.717, 1.165) is 26.9 Å². The van der Waals surface area contributed by atoms with Gasteiger partial charge in [-0.1, -0.05) is 0 Å². The minimum Gasteiger partial charge on any atom is -0.497 e. The number of benzene rings is 1. The Morgan fingerprint density at radius 2 is 2.16 bits per heavy atom. The van der Waals surface area contributed by atoms with E-state index >= 15 is 0 Å². The molecule has 3 rings (SSSR count). The number of rotatable bonds is 5. The van der Waals surface area contributed by atoms with Crippen LogP contribution >= 0.6 is 11.3 Å². The second-order valence-electron chi connectivity index (χ2n) is 6.28. The van der Waals surface area contributed by atoms with Crippen molar-refractivity contribution < 1.29 is 14.6 Å². The third kappa shape index (κ3) is 4.00. The zero-order valence-corrected chi connectivity index (χ0v) is 15.4. The third-order valence-corrected chi connectivity index (χ3v) is 5.73. The van der Waals surface area contributed by atoms with Gasteiger partial charge in [0.1, 0.15) is 10.8 Å². The second kappa shape index (κ2) is 7.51. The SMILES string of the molecule is COc1ccc(-c2nc(C)c([C@H](C)NC(=O)[C@H]3C[C@@H](O)CN3)s2)cc1. The molecule has 1 aromatic carbocycles. The average Bonchev–Trinajstić information content (AvgIpc) is 3.21. The number of aromatic nitrogens is 1. The molecule has 25 heavy (non-hydrogen) atoms. The Hall–Kier alpha value is -1.96. The number of methoxy groups -OCH3 is 1. The van der Waals surface area contributed by atoms with Gasteiger partial charge in [-0.05, 0) is 44.5 Å². The van der Waals surface area contributed by atoms with E-state index in [1.54, 1.807) is 18.4 Å². The van der Waals surface area contributed by atoms with E-state index in [-0.39, 0.29) is 18.0 Å². The fourth-order valence-corrected chi connectivity index (χ4v) is 4.04. The molecule has 134 valence electrons. The highest BCUT2D eigenvalue weighted by atomic mass is 32.1. The summed E-state index contributed by atoms with van der Waals surface area (Å²) in [6, 6.07) is 7.33. The number of carbonyl (C=O) groups excluding carboxylic acids is 1. The zero-order valence-electron chi connectivity index (χ0n) is 14.6. The van der Waals surface area contributed by atoms with E-state index in [2.05, 4.69) is 15.6 Å². The molecule has 0 unspecified atom stereocenters. The lowest BCUT2D eigenvalue weighted by atomic mass is 10.1. The van der Waals surface area contributed by atoms with Gasteiger partial charge in [0.2, 0.25) is 5.91 Å². The van der Waals surface area contributed by atoms with Crippen molar-refractivity contribution in [3.63, 3.8) is 0 Å². The van der Waals surface area contributed by atoms with E-state index in [9.17, 15) is 9.90 Å². The summed E-state index contributed by atoms with van der Waals surface area (Å²) in [7, 11) is 1.64. The molecule has 6 nitrogen and oxygen atoms in total. The maximum absolute atomic E-state index is 12.3. The summed E-state index contributed by atoms with van der Waals surface area (Å²) in [5.41, 5.74) is 1.95. The van der Waals surface area contributed by atoms with Crippen LogP contribution in [0.1, 0.15) is 30.0 Å². The average molecular weight is 361 g/mol. The monoisotopic (exact) mass is 361 g/mol. The summed E-state index contributed by atoms with van der Waals surface area (Å²) in [4.78, 5) is 18.0. The van der Waals surface area contributed by atoms with Crippen LogP contribution in [0.25, 0.3) is 10.6 Å². The van der Waals surface area contributed by atoms with Gasteiger partial charge in [0.05, 0.1) is 35.9 Å². The van der Waals surface area contributed by atoms with Crippen molar-refractivity contribution in [2.75, 3.05) is 13.7 Å². The number of aliphatic hydroxyl groups excluding tert-OH is 1. The summed E-state index contributed by atoms with van der Waals surface area (Å²) < 4.78 is 5.18. The van der Waals surface area contributed by atoms with Gasteiger partial charge in [0, 0.05) is 12.1 Å². The number of hydrogen-bond donors (Lipinski definition) is 3. The van der Waals surface area contributed by atoms with Gasteiger partial charge >= 0.3 is 0 Å². The molecule has 1 saturated heterocycles. The maximum Gasteiger partial charge on any atom is 0.237 e. The molecule has 0 aliphatic carbocycles. The van der Waals surface area contributed by atoms with Crippen LogP contribution in [0, 0.1) is 6.92 Å². The Kier molecular flexibility index (Phi) is 5.36. The number of nitrogens with zero attached hydrogens (tertiary/aromatic N) is 1. The van der Waals surface area contributed by atoms with Crippen molar-refractivity contribution in [2.45, 2.75) is 38.5 Å². The normalized spacial score (nSPS) is 21.1. The van der Waals surface area contributed by atoms with Crippen molar-refractivity contribution in [1.29, 1.82) is 0 Å². The van der Waals surface area contributed by atoms with Crippen molar-refractivity contribution in [1.82, 2.24) is 15.6 Å². The van der Waals surface area contributed by atoms with E-state index in [1.807, 2.05) is 38.1 Å². The summed E-state index contributed by atoms with van der Waals surface area (Å²) in [6.45, 7) is 4.38. The van der Waals surface area contributed by atoms with Crippen molar-refractivity contribution >= 4 is 17.2 Å². The minimum absolute atomic E-state index is 0.0807. The lowest BCUT2D eigenvalue weighted by Crippen LogP contribution is -2.41. The van der Waals surface area contributed by atoms with Gasteiger partial charge in [0.15, 0.2) is 0 Å². The Morgan fingerprint density at radius 3 is 2.76 bits per heavy atom. The molecular weight excluding hydrogens is 338 g/mol. The first-order valence-electron chi connectivity index (χ1n) is 8.31. The second-order valence-corrected chi connectivity index (χ2v) is 7.31. The minimum atomic E-state index is -0.446. The first kappa shape index (κ1) is 17.8. The molecule has 0 bridgehead atoms. The molecule has 1 aromatic heterocycles. The van der Waals surface area contributed by atoms with Gasteiger partial charge in [-0.15, -0.1) is 11.3 Å². The van der Waals surface area contributed by atoms with Crippen molar-refractivity contribution in [2.24, 2.45) is 0 Å². The Balaban J connectivity index is 1.71. The fourth-order valence-electron chi connectivity index (χ4n) is 2.96. The number of hydrogen-bond acceptors (Lipinski definition) is 6. The summed E-state index contributed by atoms with van der Waals surface area (Å²) in [5.74, 6) is 0.729. The topological polar surface area (TPSA) is 83.5 Å². The van der Waals surface area contributed by atoms with Crippen LogP contribution in [-0.2, 0) is 4.79 Å². The summed E-state index contributed by atoms with van der Waals surface area (Å²) >= 11 is 1.58. The Labute approximate surface area is 151 Å². The van der Waals surface area contributed by atoms with Gasteiger partial charge < -0.3 is 20.5 Å². The number of ether oxygens (including phenoxy) is 1. The molecule has 7 heteroatoms. The van der Waals surface area contributed by atoms with Crippen LogP contribution in [0.2, 0.25) is 0 Å². The molecule has 1 amide bonds. The van der Waals surface area contributed by atoms with E-state index in [4.69, 9.17) is 4.74 Å². The van der Waals surface area contributed by atoms with Crippen molar-refractivity contribution in [3.05, 3.63) is 34.8 Å². The zero-order chi connectivity index (χ0) is 18.0. The maximum atomic E-state index is 12.3. The van der Waals surface area contributed by atoms with Crippen LogP contribution in [0.5, 0.6) is 5.75 Å². The van der Waals surface area contributed by atoms with E-state index in [1.165, 1.54) is 0 Å². The number of amides is 1. The first-order valence-corrected chi connectivity index (χ1v) is 9.13. The molecule has 1 aliphatic rings. The molecule has 2 aromatic rings. The van der Waals surface area contributed by atoms with Gasteiger partial charge in [-0.3, -0.25) is 4.79 Å². The fraction of sp³-hybridized carbons (Fsp3) is 0.444. The van der Waals surface area contributed by atoms with Gasteiger partial charge in [-0.25, -0.2) is 4.98 Å². The number of aryl methyl sites for hydroxylation is 1. The highest BCUT2D eigenvalue weighted by Gasteiger charge is 2.29. The number of nitrogens with one attached hydrogen (secondary N) is 2. The molecule has 1 aliphatic heterocycles. The first-order chi connectivity index (χ1) is 12.0. The van der Waals surface area contributed by atoms with Crippen LogP contribution in [0.4, 0.5) is 0 Å². The molecular formula is C18H23N3O3S. The smallest absolute Gasteiger partial charge is 0.237 e. The Morgan fingerprint density at radius 1 is 1.44 bits per heavy atom. The van der Waals surface area contributed by atoms with Crippen molar-refractivity contribution in [3.8, 4) is 16.3 Å². The van der Waals surface area contributed by atoms with E-state index < -0.39 is 6.10 Å². The van der Waals surface area contributed by atoms with Crippen LogP contribution < -0.4 is 15.4 Å². The Bertz CT molecular complexity index is 745. The quantitative estimate of drug-likeness (QED) is 0.759. The predicted octanol–water partition coefficient (Wildman–Crippen LogP) is 2.03. The molecule has 0 saturated carbocycles. The molecule has 3 N–H and O–H groups in total. The highest BCUT2D eigenvalue weighted by Crippen LogP contribution is 2.32. The summed E-state index contributed by atoms with van der Waals surface area (Å²) in [5, 5.41) is 16.5. The molecule has 2 heterocycles.